The number of esters is 7. The molecule has 0 spiro atoms. The molecule has 0 aromatic heterocycles. The molecular formula is C51H71CoN4O14-. The molecule has 5 aliphatic rings. The maximum Gasteiger partial charge on any atom is 0.311 e. The van der Waals surface area contributed by atoms with E-state index in [0.717, 1.165) is 0 Å². The normalized spacial score (nSPS) is 33.3. The van der Waals surface area contributed by atoms with Gasteiger partial charge in [-0.2, -0.15) is 5.70 Å². The number of ether oxygens (including phenoxy) is 7. The zero-order chi connectivity index (χ0) is 51.6. The third kappa shape index (κ3) is 10.0. The molecule has 1 fully saturated rings. The molecule has 0 saturated carbocycles. The average Bonchev–Trinajstić information content (AvgIpc) is 3.95. The summed E-state index contributed by atoms with van der Waals surface area (Å²) in [7, 11) is 9.08. The van der Waals surface area contributed by atoms with E-state index in [1.807, 2.05) is 47.6 Å². The number of methoxy groups -OCH3 is 7. The molecule has 0 amide bonds. The fraction of sp³-hybridized carbons (Fsp3) is 0.686. The number of nitrogens with zero attached hydrogens (tertiary/aromatic N) is 4. The van der Waals surface area contributed by atoms with Gasteiger partial charge in [0.05, 0.1) is 68.0 Å². The molecule has 0 aromatic carbocycles. The molecule has 0 aromatic rings. The maximum absolute atomic E-state index is 15.0. The van der Waals surface area contributed by atoms with E-state index >= 15 is 0 Å². The fourth-order valence-corrected chi connectivity index (χ4v) is 12.0. The minimum Gasteiger partial charge on any atom is -0.680 e. The van der Waals surface area contributed by atoms with Crippen LogP contribution >= 0.6 is 0 Å². The first-order valence-electron chi connectivity index (χ1n) is 23.5. The fourth-order valence-electron chi connectivity index (χ4n) is 12.0. The van der Waals surface area contributed by atoms with Crippen LogP contribution in [0.15, 0.2) is 49.3 Å². The predicted octanol–water partition coefficient (Wildman–Crippen LogP) is 6.93. The minimum atomic E-state index is -1.61. The van der Waals surface area contributed by atoms with E-state index in [1.54, 1.807) is 13.8 Å². The maximum atomic E-state index is 15.0. The molecule has 389 valence electrons. The zero-order valence-corrected chi connectivity index (χ0v) is 44.4. The van der Waals surface area contributed by atoms with Crippen molar-refractivity contribution < 1.29 is 83.5 Å². The molecule has 0 N–H and O–H groups in total. The van der Waals surface area contributed by atoms with Crippen molar-refractivity contribution in [1.82, 2.24) is 0 Å². The van der Waals surface area contributed by atoms with Crippen molar-refractivity contribution in [1.29, 1.82) is 0 Å². The Hall–Kier alpha value is -5.17. The van der Waals surface area contributed by atoms with E-state index in [-0.39, 0.29) is 74.6 Å². The standard InChI is InChI=1S/C51H71N4O14.Co/c1-27-41-30(17-20-36(57)64-10)47(3,4)34(53-41)25-33-29(16-19-35(56)63-9)49(6,26-40(61)68-14)44(52-33)28(2)42-31(18-21-37(58)65-11)50(7,46(62)69-15)51(8,55-42)45-32(24-39(60)67-13)48(5,43(27)54-45)23-22-38(59)66-12;/h25,29-32,45H,16-24,26H2,1-15H3;/q-1;/t29-,30-,31-,32-,45?,48?,49?,50?,51+;/m0./s1. The van der Waals surface area contributed by atoms with Crippen LogP contribution in [-0.4, -0.2) is 120 Å². The van der Waals surface area contributed by atoms with E-state index in [4.69, 9.17) is 53.5 Å². The molecule has 18 nitrogen and oxygen atoms in total. The summed E-state index contributed by atoms with van der Waals surface area (Å²) >= 11 is 0. The van der Waals surface area contributed by atoms with Crippen molar-refractivity contribution in [3.05, 3.63) is 39.6 Å². The van der Waals surface area contributed by atoms with Gasteiger partial charge in [-0.15, -0.1) is 0 Å². The van der Waals surface area contributed by atoms with E-state index < -0.39 is 98.7 Å². The van der Waals surface area contributed by atoms with Crippen molar-refractivity contribution in [2.45, 2.75) is 131 Å². The molecule has 5 rings (SSSR count). The van der Waals surface area contributed by atoms with Crippen LogP contribution in [0.5, 0.6) is 0 Å². The van der Waals surface area contributed by atoms with Gasteiger partial charge in [0.15, 0.2) is 0 Å². The summed E-state index contributed by atoms with van der Waals surface area (Å²) in [5, 5.41) is 5.61. The summed E-state index contributed by atoms with van der Waals surface area (Å²) in [5.74, 6) is -6.32. The van der Waals surface area contributed by atoms with Crippen LogP contribution in [0.3, 0.4) is 0 Å². The Bertz CT molecular complexity index is 2330. The van der Waals surface area contributed by atoms with Crippen LogP contribution in [0.4, 0.5) is 0 Å². The third-order valence-corrected chi connectivity index (χ3v) is 16.4. The minimum absolute atomic E-state index is 0. The Morgan fingerprint density at radius 1 is 0.586 bits per heavy atom. The molecule has 70 heavy (non-hydrogen) atoms. The average molecular weight is 1020 g/mol. The first-order valence-corrected chi connectivity index (χ1v) is 23.5. The second kappa shape index (κ2) is 22.1. The van der Waals surface area contributed by atoms with E-state index in [2.05, 4.69) is 0 Å². The molecule has 9 atom stereocenters. The second-order valence-corrected chi connectivity index (χ2v) is 20.2. The second-order valence-electron chi connectivity index (χ2n) is 20.2. The number of rotatable bonds is 17. The van der Waals surface area contributed by atoms with Crippen LogP contribution in [0.25, 0.3) is 5.32 Å². The first kappa shape index (κ1) is 57.4. The Morgan fingerprint density at radius 3 is 1.60 bits per heavy atom. The summed E-state index contributed by atoms with van der Waals surface area (Å²) in [6.07, 6.45) is 2.09. The monoisotopic (exact) mass is 1020 g/mol. The van der Waals surface area contributed by atoms with Crippen molar-refractivity contribution in [3.8, 4) is 0 Å². The molecular weight excluding hydrogens is 952 g/mol. The Kier molecular flexibility index (Phi) is 18.1. The quantitative estimate of drug-likeness (QED) is 0.106. The number of allylic oxidation sites excluding steroid dienone is 6. The Morgan fingerprint density at radius 2 is 1.09 bits per heavy atom. The molecule has 8 bridgehead atoms. The van der Waals surface area contributed by atoms with E-state index in [1.165, 1.54) is 49.8 Å². The van der Waals surface area contributed by atoms with E-state index in [9.17, 15) is 33.6 Å². The van der Waals surface area contributed by atoms with Gasteiger partial charge in [0.2, 0.25) is 0 Å². The molecule has 0 aliphatic carbocycles. The Balaban J connectivity index is 0.0000107. The smallest absolute Gasteiger partial charge is 0.311 e. The third-order valence-electron chi connectivity index (χ3n) is 16.4. The number of hydrogen-bond donors (Lipinski definition) is 0. The predicted molar refractivity (Wildman–Crippen MR) is 254 cm³/mol. The van der Waals surface area contributed by atoms with Crippen molar-refractivity contribution in [3.63, 3.8) is 0 Å². The summed E-state index contributed by atoms with van der Waals surface area (Å²) < 4.78 is 36.9. The molecule has 19 heteroatoms. The molecule has 1 saturated heterocycles. The van der Waals surface area contributed by atoms with Gasteiger partial charge in [0.1, 0.15) is 0 Å². The van der Waals surface area contributed by atoms with Crippen molar-refractivity contribution in [2.75, 3.05) is 49.8 Å². The molecule has 1 radical (unpaired) electrons. The van der Waals surface area contributed by atoms with Gasteiger partial charge in [-0.3, -0.25) is 48.5 Å². The van der Waals surface area contributed by atoms with Crippen LogP contribution in [0.2, 0.25) is 0 Å². The number of fused-ring (bicyclic) bond motifs is 6. The van der Waals surface area contributed by atoms with Gasteiger partial charge in [0, 0.05) is 111 Å². The molecule has 5 heterocycles. The van der Waals surface area contributed by atoms with Crippen LogP contribution in [0, 0.1) is 45.3 Å². The number of carbonyl (C=O) groups is 7. The largest absolute Gasteiger partial charge is 0.680 e. The summed E-state index contributed by atoms with van der Waals surface area (Å²) in [5.41, 5.74) is -1.97. The summed E-state index contributed by atoms with van der Waals surface area (Å²) in [6, 6.07) is -0.996. The van der Waals surface area contributed by atoms with Gasteiger partial charge in [-0.1, -0.05) is 40.2 Å². The van der Waals surface area contributed by atoms with Gasteiger partial charge in [-0.25, -0.2) is 0 Å². The van der Waals surface area contributed by atoms with Crippen molar-refractivity contribution in [2.24, 2.45) is 60.3 Å². The van der Waals surface area contributed by atoms with Gasteiger partial charge in [0.25, 0.3) is 0 Å². The Labute approximate surface area is 421 Å². The van der Waals surface area contributed by atoms with Gasteiger partial charge >= 0.3 is 41.8 Å². The van der Waals surface area contributed by atoms with Crippen LogP contribution < -0.4 is 0 Å². The summed E-state index contributed by atoms with van der Waals surface area (Å²) in [4.78, 5) is 111. The van der Waals surface area contributed by atoms with Gasteiger partial charge < -0.3 is 38.5 Å². The first-order chi connectivity index (χ1) is 32.3. The topological polar surface area (TPSA) is 235 Å². The number of carbonyl (C=O) groups excluding carboxylic acids is 7. The zero-order valence-electron chi connectivity index (χ0n) is 43.4. The van der Waals surface area contributed by atoms with Crippen LogP contribution in [0.1, 0.15) is 120 Å². The van der Waals surface area contributed by atoms with Crippen molar-refractivity contribution >= 4 is 58.9 Å². The summed E-state index contributed by atoms with van der Waals surface area (Å²) in [6.45, 7) is 15.1. The molecule has 4 unspecified atom stereocenters. The number of aliphatic imine (C=N–C) groups is 3. The van der Waals surface area contributed by atoms with E-state index in [0.29, 0.717) is 51.8 Å². The molecule has 5 aliphatic heterocycles. The van der Waals surface area contributed by atoms with Crippen LogP contribution in [-0.2, 0) is 83.5 Å². The van der Waals surface area contributed by atoms with Gasteiger partial charge in [-0.05, 0) is 69.6 Å². The number of hydrogen-bond acceptors (Lipinski definition) is 17. The SMILES string of the molecule is COC(=O)CC[C@H]1/C2=C(\C)C3=NC([C@H](CC(=O)OC)C3(C)CCC(=O)OC)[C@@]3(C)[N-]/C(=C(/C)C4=N/C(=C\C(=N2)C1(C)C)[C@H](CCC(=O)OC)C4(C)CC(=O)OC)[C@H](CCC(=O)OC)C3(C)C(=O)OC.[Co].